The van der Waals surface area contributed by atoms with Crippen LogP contribution in [0.1, 0.15) is 31.4 Å². The first-order valence-electron chi connectivity index (χ1n) is 6.31. The number of halogens is 1. The second-order valence-corrected chi connectivity index (χ2v) is 5.29. The summed E-state index contributed by atoms with van der Waals surface area (Å²) in [6, 6.07) is 5.74. The maximum Gasteiger partial charge on any atom is 0.123 e. The molecule has 0 aromatic heterocycles. The summed E-state index contributed by atoms with van der Waals surface area (Å²) in [6.07, 6.45) is 1.24. The first-order chi connectivity index (χ1) is 8.08. The predicted molar refractivity (Wildman–Crippen MR) is 67.9 cm³/mol. The van der Waals surface area contributed by atoms with Crippen LogP contribution in [-0.4, -0.2) is 17.5 Å². The SMILES string of the molecule is CC1CC(C)N(Cc2cc(F)cc(CN)c2)C1. The lowest BCUT2D eigenvalue weighted by atomic mass is 10.1. The van der Waals surface area contributed by atoms with Crippen molar-refractivity contribution in [1.29, 1.82) is 0 Å². The van der Waals surface area contributed by atoms with Crippen LogP contribution < -0.4 is 5.73 Å². The van der Waals surface area contributed by atoms with Crippen molar-refractivity contribution in [3.8, 4) is 0 Å². The zero-order valence-corrected chi connectivity index (χ0v) is 10.6. The summed E-state index contributed by atoms with van der Waals surface area (Å²) in [5.74, 6) is 0.565. The van der Waals surface area contributed by atoms with Crippen LogP contribution in [0.4, 0.5) is 4.39 Å². The van der Waals surface area contributed by atoms with Crippen molar-refractivity contribution in [3.05, 3.63) is 35.1 Å². The summed E-state index contributed by atoms with van der Waals surface area (Å²) >= 11 is 0. The summed E-state index contributed by atoms with van der Waals surface area (Å²) in [5, 5.41) is 0. The minimum Gasteiger partial charge on any atom is -0.326 e. The third kappa shape index (κ3) is 3.05. The van der Waals surface area contributed by atoms with Crippen molar-refractivity contribution in [2.75, 3.05) is 6.54 Å². The summed E-state index contributed by atoms with van der Waals surface area (Å²) < 4.78 is 13.4. The van der Waals surface area contributed by atoms with E-state index < -0.39 is 0 Å². The van der Waals surface area contributed by atoms with Crippen molar-refractivity contribution in [3.63, 3.8) is 0 Å². The number of rotatable bonds is 3. The van der Waals surface area contributed by atoms with Crippen molar-refractivity contribution < 1.29 is 4.39 Å². The number of hydrogen-bond donors (Lipinski definition) is 1. The van der Waals surface area contributed by atoms with E-state index in [-0.39, 0.29) is 5.82 Å². The van der Waals surface area contributed by atoms with Gasteiger partial charge in [0.1, 0.15) is 5.82 Å². The Balaban J connectivity index is 2.10. The maximum absolute atomic E-state index is 13.4. The molecule has 2 atom stereocenters. The minimum absolute atomic E-state index is 0.178. The van der Waals surface area contributed by atoms with Gasteiger partial charge in [0.25, 0.3) is 0 Å². The molecule has 0 amide bonds. The molecule has 0 bridgehead atoms. The van der Waals surface area contributed by atoms with Crippen LogP contribution in [0.2, 0.25) is 0 Å². The molecule has 1 saturated heterocycles. The molecule has 2 N–H and O–H groups in total. The molecule has 1 fully saturated rings. The van der Waals surface area contributed by atoms with Crippen LogP contribution in [0.5, 0.6) is 0 Å². The van der Waals surface area contributed by atoms with Gasteiger partial charge in [-0.2, -0.15) is 0 Å². The molecule has 1 heterocycles. The van der Waals surface area contributed by atoms with Crippen molar-refractivity contribution >= 4 is 0 Å². The predicted octanol–water partition coefficient (Wildman–Crippen LogP) is 2.51. The van der Waals surface area contributed by atoms with Gasteiger partial charge < -0.3 is 5.73 Å². The molecule has 17 heavy (non-hydrogen) atoms. The highest BCUT2D eigenvalue weighted by Gasteiger charge is 2.25. The first kappa shape index (κ1) is 12.5. The van der Waals surface area contributed by atoms with E-state index in [1.807, 2.05) is 6.07 Å². The Morgan fingerprint density at radius 3 is 2.59 bits per heavy atom. The van der Waals surface area contributed by atoms with E-state index >= 15 is 0 Å². The fourth-order valence-electron chi connectivity index (χ4n) is 2.77. The molecule has 3 heteroatoms. The summed E-state index contributed by atoms with van der Waals surface area (Å²) in [6.45, 7) is 6.85. The van der Waals surface area contributed by atoms with Gasteiger partial charge in [-0.3, -0.25) is 4.90 Å². The van der Waals surface area contributed by atoms with Crippen LogP contribution in [0.25, 0.3) is 0 Å². The number of benzene rings is 1. The zero-order chi connectivity index (χ0) is 12.4. The Bertz CT molecular complexity index is 392. The maximum atomic E-state index is 13.4. The second kappa shape index (κ2) is 5.15. The average Bonchev–Trinajstić information content (AvgIpc) is 2.56. The van der Waals surface area contributed by atoms with Gasteiger partial charge in [-0.1, -0.05) is 13.0 Å². The lowest BCUT2D eigenvalue weighted by molar-refractivity contribution is 0.256. The Labute approximate surface area is 103 Å². The molecule has 0 spiro atoms. The van der Waals surface area contributed by atoms with E-state index in [0.717, 1.165) is 30.1 Å². The highest BCUT2D eigenvalue weighted by Crippen LogP contribution is 2.24. The molecule has 1 aromatic rings. The van der Waals surface area contributed by atoms with Gasteiger partial charge in [-0.15, -0.1) is 0 Å². The normalized spacial score (nSPS) is 25.4. The summed E-state index contributed by atoms with van der Waals surface area (Å²) in [4.78, 5) is 2.42. The zero-order valence-electron chi connectivity index (χ0n) is 10.6. The van der Waals surface area contributed by atoms with Crippen LogP contribution >= 0.6 is 0 Å². The van der Waals surface area contributed by atoms with Gasteiger partial charge in [-0.05, 0) is 42.5 Å². The summed E-state index contributed by atoms with van der Waals surface area (Å²) in [5.41, 5.74) is 7.47. The van der Waals surface area contributed by atoms with E-state index in [1.54, 1.807) is 6.07 Å². The average molecular weight is 236 g/mol. The Morgan fingerprint density at radius 1 is 1.29 bits per heavy atom. The number of hydrogen-bond acceptors (Lipinski definition) is 2. The van der Waals surface area contributed by atoms with Crippen LogP contribution in [0, 0.1) is 11.7 Å². The molecular weight excluding hydrogens is 215 g/mol. The van der Waals surface area contributed by atoms with Gasteiger partial charge in [0.15, 0.2) is 0 Å². The molecule has 2 nitrogen and oxygen atoms in total. The monoisotopic (exact) mass is 236 g/mol. The molecule has 94 valence electrons. The van der Waals surface area contributed by atoms with Gasteiger partial charge in [0.05, 0.1) is 0 Å². The molecule has 0 radical (unpaired) electrons. The standard InChI is InChI=1S/C14H21FN2/c1-10-3-11(2)17(8-10)9-13-4-12(7-16)5-14(15)6-13/h4-6,10-11H,3,7-9,16H2,1-2H3. The van der Waals surface area contributed by atoms with Crippen LogP contribution in [-0.2, 0) is 13.1 Å². The number of nitrogens with zero attached hydrogens (tertiary/aromatic N) is 1. The highest BCUT2D eigenvalue weighted by molar-refractivity contribution is 5.24. The molecule has 1 aromatic carbocycles. The Hall–Kier alpha value is -0.930. The van der Waals surface area contributed by atoms with E-state index in [1.165, 1.54) is 12.5 Å². The molecule has 1 aliphatic rings. The third-order valence-corrected chi connectivity index (χ3v) is 3.55. The van der Waals surface area contributed by atoms with E-state index in [0.29, 0.717) is 12.6 Å². The van der Waals surface area contributed by atoms with E-state index in [9.17, 15) is 4.39 Å². The largest absolute Gasteiger partial charge is 0.326 e. The second-order valence-electron chi connectivity index (χ2n) is 5.29. The smallest absolute Gasteiger partial charge is 0.123 e. The topological polar surface area (TPSA) is 29.3 Å². The van der Waals surface area contributed by atoms with Crippen molar-refractivity contribution in [2.24, 2.45) is 11.7 Å². The lowest BCUT2D eigenvalue weighted by Gasteiger charge is -2.21. The van der Waals surface area contributed by atoms with Crippen molar-refractivity contribution in [1.82, 2.24) is 4.90 Å². The molecular formula is C14H21FN2. The fraction of sp³-hybridized carbons (Fsp3) is 0.571. The molecule has 0 aliphatic carbocycles. The molecule has 1 aliphatic heterocycles. The van der Waals surface area contributed by atoms with Gasteiger partial charge in [0.2, 0.25) is 0 Å². The lowest BCUT2D eigenvalue weighted by Crippen LogP contribution is -2.26. The van der Waals surface area contributed by atoms with Crippen LogP contribution in [0.3, 0.4) is 0 Å². The first-order valence-corrected chi connectivity index (χ1v) is 6.31. The Kier molecular flexibility index (Phi) is 3.79. The number of likely N-dealkylation sites (tertiary alicyclic amines) is 1. The Morgan fingerprint density at radius 2 is 2.00 bits per heavy atom. The third-order valence-electron chi connectivity index (χ3n) is 3.55. The van der Waals surface area contributed by atoms with Crippen molar-refractivity contribution in [2.45, 2.75) is 39.4 Å². The molecule has 2 unspecified atom stereocenters. The fourth-order valence-corrected chi connectivity index (χ4v) is 2.77. The van der Waals surface area contributed by atoms with Gasteiger partial charge in [0, 0.05) is 25.7 Å². The van der Waals surface area contributed by atoms with Gasteiger partial charge in [-0.25, -0.2) is 4.39 Å². The van der Waals surface area contributed by atoms with E-state index in [4.69, 9.17) is 5.73 Å². The minimum atomic E-state index is -0.178. The quantitative estimate of drug-likeness (QED) is 0.873. The van der Waals surface area contributed by atoms with Gasteiger partial charge >= 0.3 is 0 Å². The molecule has 2 rings (SSSR count). The highest BCUT2D eigenvalue weighted by atomic mass is 19.1. The van der Waals surface area contributed by atoms with E-state index in [2.05, 4.69) is 18.7 Å². The summed E-state index contributed by atoms with van der Waals surface area (Å²) in [7, 11) is 0. The molecule has 0 saturated carbocycles. The van der Waals surface area contributed by atoms with Crippen LogP contribution in [0.15, 0.2) is 18.2 Å². The number of nitrogens with two attached hydrogens (primary N) is 1.